The predicted molar refractivity (Wildman–Crippen MR) is 89.1 cm³/mol. The topological polar surface area (TPSA) is 40.6 Å². The third kappa shape index (κ3) is 4.39. The summed E-state index contributed by atoms with van der Waals surface area (Å²) in [5, 5.41) is 4.62. The number of thiazole rings is 1. The van der Waals surface area contributed by atoms with E-state index in [1.165, 1.54) is 4.88 Å². The van der Waals surface area contributed by atoms with Crippen molar-refractivity contribution >= 4 is 16.5 Å². The maximum atomic E-state index is 5.30. The van der Waals surface area contributed by atoms with Crippen LogP contribution in [-0.2, 0) is 17.9 Å². The molecule has 1 aromatic rings. The van der Waals surface area contributed by atoms with Gasteiger partial charge in [0.25, 0.3) is 0 Å². The minimum absolute atomic E-state index is 0.579. The number of hydrogen-bond donors (Lipinski definition) is 1. The third-order valence-corrected chi connectivity index (χ3v) is 5.15. The van der Waals surface area contributed by atoms with Gasteiger partial charge in [-0.1, -0.05) is 6.92 Å². The lowest BCUT2D eigenvalue weighted by molar-refractivity contribution is 0.181. The van der Waals surface area contributed by atoms with Gasteiger partial charge in [-0.2, -0.15) is 0 Å². The minimum Gasteiger partial charge on any atom is -0.378 e. The molecule has 1 aliphatic heterocycles. The molecule has 6 heteroatoms. The van der Waals surface area contributed by atoms with Crippen LogP contribution in [0.3, 0.4) is 0 Å². The lowest BCUT2D eigenvalue weighted by Crippen LogP contribution is -2.50. The minimum atomic E-state index is 0.579. The quantitative estimate of drug-likeness (QED) is 0.779. The Kier molecular flexibility index (Phi) is 6.41. The summed E-state index contributed by atoms with van der Waals surface area (Å²) in [7, 11) is 3.93. The Morgan fingerprint density at radius 2 is 2.24 bits per heavy atom. The summed E-state index contributed by atoms with van der Waals surface area (Å²) < 4.78 is 5.30. The van der Waals surface area contributed by atoms with E-state index >= 15 is 0 Å². The molecule has 0 bridgehead atoms. The van der Waals surface area contributed by atoms with Gasteiger partial charge in [0.1, 0.15) is 0 Å². The molecule has 1 aromatic heterocycles. The van der Waals surface area contributed by atoms with Gasteiger partial charge in [0.2, 0.25) is 0 Å². The van der Waals surface area contributed by atoms with E-state index in [4.69, 9.17) is 9.72 Å². The largest absolute Gasteiger partial charge is 0.378 e. The number of rotatable bonds is 7. The number of likely N-dealkylation sites (N-methyl/N-ethyl adjacent to an activating group) is 1. The number of nitrogens with zero attached hydrogens (tertiary/aromatic N) is 3. The van der Waals surface area contributed by atoms with Gasteiger partial charge in [0, 0.05) is 44.2 Å². The fraction of sp³-hybridized carbons (Fsp3) is 0.800. The lowest BCUT2D eigenvalue weighted by Gasteiger charge is -2.37. The average molecular weight is 312 g/mol. The molecule has 0 saturated carbocycles. The SMILES string of the molecule is CCCNCc1sc(N2CCN(C)C(C)C2)nc1COC. The Bertz CT molecular complexity index is 437. The molecule has 0 amide bonds. The fourth-order valence-corrected chi connectivity index (χ4v) is 3.56. The van der Waals surface area contributed by atoms with E-state index in [1.54, 1.807) is 7.11 Å². The highest BCUT2D eigenvalue weighted by Crippen LogP contribution is 2.28. The van der Waals surface area contributed by atoms with E-state index < -0.39 is 0 Å². The van der Waals surface area contributed by atoms with Crippen LogP contribution in [0.1, 0.15) is 30.8 Å². The number of piperazine rings is 1. The molecule has 120 valence electrons. The third-order valence-electron chi connectivity index (χ3n) is 3.99. The summed E-state index contributed by atoms with van der Waals surface area (Å²) in [6, 6.07) is 0.579. The van der Waals surface area contributed by atoms with Crippen molar-refractivity contribution in [1.82, 2.24) is 15.2 Å². The number of methoxy groups -OCH3 is 1. The van der Waals surface area contributed by atoms with Crippen molar-refractivity contribution in [2.75, 3.05) is 45.2 Å². The zero-order valence-electron chi connectivity index (χ0n) is 13.7. The van der Waals surface area contributed by atoms with E-state index in [0.29, 0.717) is 12.6 Å². The highest BCUT2D eigenvalue weighted by molar-refractivity contribution is 7.15. The number of anilines is 1. The Balaban J connectivity index is 2.07. The zero-order valence-corrected chi connectivity index (χ0v) is 14.5. The second-order valence-corrected chi connectivity index (χ2v) is 6.81. The van der Waals surface area contributed by atoms with E-state index in [2.05, 4.69) is 36.0 Å². The van der Waals surface area contributed by atoms with E-state index in [1.807, 2.05) is 11.3 Å². The van der Waals surface area contributed by atoms with E-state index in [9.17, 15) is 0 Å². The number of hydrogen-bond acceptors (Lipinski definition) is 6. The van der Waals surface area contributed by atoms with Crippen LogP contribution >= 0.6 is 11.3 Å². The van der Waals surface area contributed by atoms with Crippen LogP contribution < -0.4 is 10.2 Å². The van der Waals surface area contributed by atoms with Crippen molar-refractivity contribution in [3.05, 3.63) is 10.6 Å². The molecular weight excluding hydrogens is 284 g/mol. The molecule has 1 fully saturated rings. The highest BCUT2D eigenvalue weighted by atomic mass is 32.1. The van der Waals surface area contributed by atoms with E-state index in [-0.39, 0.29) is 0 Å². The highest BCUT2D eigenvalue weighted by Gasteiger charge is 2.24. The van der Waals surface area contributed by atoms with Crippen molar-refractivity contribution in [3.8, 4) is 0 Å². The molecule has 21 heavy (non-hydrogen) atoms. The molecule has 5 nitrogen and oxygen atoms in total. The Morgan fingerprint density at radius 3 is 2.90 bits per heavy atom. The molecule has 1 unspecified atom stereocenters. The van der Waals surface area contributed by atoms with Gasteiger partial charge in [0.15, 0.2) is 5.13 Å². The summed E-state index contributed by atoms with van der Waals surface area (Å²) in [5.74, 6) is 0. The lowest BCUT2D eigenvalue weighted by atomic mass is 10.2. The van der Waals surface area contributed by atoms with Crippen molar-refractivity contribution < 1.29 is 4.74 Å². The second-order valence-electron chi connectivity index (χ2n) is 5.75. The molecule has 1 N–H and O–H groups in total. The second kappa shape index (κ2) is 8.08. The first-order valence-electron chi connectivity index (χ1n) is 7.79. The number of nitrogens with one attached hydrogen (secondary N) is 1. The molecule has 1 atom stereocenters. The molecular formula is C15H28N4OS. The number of ether oxygens (including phenoxy) is 1. The summed E-state index contributed by atoms with van der Waals surface area (Å²) in [6.45, 7) is 10.2. The van der Waals surface area contributed by atoms with Crippen LogP contribution in [0.4, 0.5) is 5.13 Å². The zero-order chi connectivity index (χ0) is 15.2. The first kappa shape index (κ1) is 16.7. The van der Waals surface area contributed by atoms with Crippen molar-refractivity contribution in [1.29, 1.82) is 0 Å². The first-order valence-corrected chi connectivity index (χ1v) is 8.60. The van der Waals surface area contributed by atoms with Crippen LogP contribution in [0.25, 0.3) is 0 Å². The monoisotopic (exact) mass is 312 g/mol. The summed E-state index contributed by atoms with van der Waals surface area (Å²) in [4.78, 5) is 11.0. The Hall–Kier alpha value is -0.690. The standard InChI is InChI=1S/C15H28N4OS/c1-5-6-16-9-14-13(11-20-4)17-15(21-14)19-8-7-18(3)12(2)10-19/h12,16H,5-11H2,1-4H3. The predicted octanol–water partition coefficient (Wildman–Crippen LogP) is 1.93. The molecule has 1 saturated heterocycles. The number of aromatic nitrogens is 1. The van der Waals surface area contributed by atoms with Crippen LogP contribution in [0.5, 0.6) is 0 Å². The smallest absolute Gasteiger partial charge is 0.186 e. The molecule has 1 aliphatic rings. The van der Waals surface area contributed by atoms with Crippen LogP contribution in [0, 0.1) is 0 Å². The van der Waals surface area contributed by atoms with Crippen LogP contribution in [0.15, 0.2) is 0 Å². The Morgan fingerprint density at radius 1 is 1.43 bits per heavy atom. The van der Waals surface area contributed by atoms with Gasteiger partial charge in [-0.05, 0) is 26.9 Å². The summed E-state index contributed by atoms with van der Waals surface area (Å²) >= 11 is 1.81. The van der Waals surface area contributed by atoms with Gasteiger partial charge < -0.3 is 19.9 Å². The van der Waals surface area contributed by atoms with Gasteiger partial charge >= 0.3 is 0 Å². The normalized spacial score (nSPS) is 20.2. The Labute approximate surface area is 132 Å². The van der Waals surface area contributed by atoms with Gasteiger partial charge in [-0.15, -0.1) is 11.3 Å². The molecule has 0 aromatic carbocycles. The molecule has 0 aliphatic carbocycles. The average Bonchev–Trinajstić information content (AvgIpc) is 2.86. The van der Waals surface area contributed by atoms with Gasteiger partial charge in [-0.25, -0.2) is 4.98 Å². The maximum Gasteiger partial charge on any atom is 0.186 e. The molecule has 2 heterocycles. The van der Waals surface area contributed by atoms with Gasteiger partial charge in [0.05, 0.1) is 12.3 Å². The van der Waals surface area contributed by atoms with Crippen LogP contribution in [-0.4, -0.2) is 56.3 Å². The van der Waals surface area contributed by atoms with Crippen molar-refractivity contribution in [2.24, 2.45) is 0 Å². The van der Waals surface area contributed by atoms with Crippen molar-refractivity contribution in [2.45, 2.75) is 39.5 Å². The molecule has 2 rings (SSSR count). The van der Waals surface area contributed by atoms with Gasteiger partial charge in [-0.3, -0.25) is 0 Å². The van der Waals surface area contributed by atoms with E-state index in [0.717, 1.165) is 50.0 Å². The first-order chi connectivity index (χ1) is 10.2. The maximum absolute atomic E-state index is 5.30. The van der Waals surface area contributed by atoms with Crippen LogP contribution in [0.2, 0.25) is 0 Å². The molecule has 0 spiro atoms. The summed E-state index contributed by atoms with van der Waals surface area (Å²) in [5.41, 5.74) is 1.09. The molecule has 0 radical (unpaired) electrons. The van der Waals surface area contributed by atoms with Crippen molar-refractivity contribution in [3.63, 3.8) is 0 Å². The summed E-state index contributed by atoms with van der Waals surface area (Å²) in [6.07, 6.45) is 1.15. The fourth-order valence-electron chi connectivity index (χ4n) is 2.49.